The van der Waals surface area contributed by atoms with Gasteiger partial charge in [-0.25, -0.2) is 4.39 Å². The van der Waals surface area contributed by atoms with Crippen LogP contribution in [-0.4, -0.2) is 18.4 Å². The van der Waals surface area contributed by atoms with Crippen molar-refractivity contribution in [2.24, 2.45) is 0 Å². The molecule has 2 amide bonds. The summed E-state index contributed by atoms with van der Waals surface area (Å²) in [5.41, 5.74) is 1.91. The van der Waals surface area contributed by atoms with E-state index in [1.807, 2.05) is 0 Å². The van der Waals surface area contributed by atoms with E-state index >= 15 is 0 Å². The van der Waals surface area contributed by atoms with Crippen molar-refractivity contribution in [3.05, 3.63) is 59.4 Å². The zero-order valence-corrected chi connectivity index (χ0v) is 12.8. The molecule has 23 heavy (non-hydrogen) atoms. The number of nitrogens with zero attached hydrogens (tertiary/aromatic N) is 1. The number of hydrogen-bond donors (Lipinski definition) is 1. The van der Waals surface area contributed by atoms with Crippen LogP contribution in [0.3, 0.4) is 0 Å². The first-order chi connectivity index (χ1) is 11.1. The lowest BCUT2D eigenvalue weighted by Gasteiger charge is -2.19. The normalized spacial score (nSPS) is 14.2. The largest absolute Gasteiger partial charge is 0.322 e. The molecule has 0 bridgehead atoms. The molecule has 0 unspecified atom stereocenters. The zero-order chi connectivity index (χ0) is 16.4. The third-order valence-electron chi connectivity index (χ3n) is 3.94. The molecular weight excluding hydrogens is 295 g/mol. The standard InChI is InChI=1S/C18H17FN2O2/c1-12-8-9-13(11-15(12)19)20-18(23)14-5-2-3-6-16(14)21-10-4-7-17(21)22/h2-3,5-6,8-9,11H,4,7,10H2,1H3,(H,20,23). The fourth-order valence-corrected chi connectivity index (χ4v) is 2.67. The van der Waals surface area contributed by atoms with Crippen molar-refractivity contribution in [2.75, 3.05) is 16.8 Å². The SMILES string of the molecule is Cc1ccc(NC(=O)c2ccccc2N2CCCC2=O)cc1F. The summed E-state index contributed by atoms with van der Waals surface area (Å²) in [6.45, 7) is 2.28. The summed E-state index contributed by atoms with van der Waals surface area (Å²) in [5, 5.41) is 2.69. The van der Waals surface area contributed by atoms with Crippen molar-refractivity contribution in [1.29, 1.82) is 0 Å². The van der Waals surface area contributed by atoms with Crippen LogP contribution in [-0.2, 0) is 4.79 Å². The van der Waals surface area contributed by atoms with Crippen molar-refractivity contribution >= 4 is 23.2 Å². The van der Waals surface area contributed by atoms with Crippen LogP contribution in [0.5, 0.6) is 0 Å². The molecule has 1 aliphatic heterocycles. The monoisotopic (exact) mass is 312 g/mol. The predicted octanol–water partition coefficient (Wildman–Crippen LogP) is 3.51. The maximum atomic E-state index is 13.6. The van der Waals surface area contributed by atoms with Crippen LogP contribution < -0.4 is 10.2 Å². The zero-order valence-electron chi connectivity index (χ0n) is 12.8. The molecule has 1 fully saturated rings. The molecule has 0 aliphatic carbocycles. The van der Waals surface area contributed by atoms with Crippen molar-refractivity contribution in [3.8, 4) is 0 Å². The smallest absolute Gasteiger partial charge is 0.257 e. The number of para-hydroxylation sites is 1. The van der Waals surface area contributed by atoms with Crippen LogP contribution in [0, 0.1) is 12.7 Å². The van der Waals surface area contributed by atoms with Gasteiger partial charge in [0.2, 0.25) is 5.91 Å². The molecule has 1 aliphatic rings. The Morgan fingerprint density at radius 2 is 2.00 bits per heavy atom. The minimum atomic E-state index is -0.370. The van der Waals surface area contributed by atoms with Gasteiger partial charge in [-0.2, -0.15) is 0 Å². The molecule has 118 valence electrons. The number of benzene rings is 2. The molecule has 0 aromatic heterocycles. The Kier molecular flexibility index (Phi) is 4.10. The molecule has 4 nitrogen and oxygen atoms in total. The third-order valence-corrected chi connectivity index (χ3v) is 3.94. The topological polar surface area (TPSA) is 49.4 Å². The summed E-state index contributed by atoms with van der Waals surface area (Å²) in [7, 11) is 0. The van der Waals surface area contributed by atoms with Gasteiger partial charge in [0.1, 0.15) is 5.82 Å². The fourth-order valence-electron chi connectivity index (χ4n) is 2.67. The highest BCUT2D eigenvalue weighted by atomic mass is 19.1. The van der Waals surface area contributed by atoms with Crippen LogP contribution >= 0.6 is 0 Å². The van der Waals surface area contributed by atoms with E-state index in [0.29, 0.717) is 35.5 Å². The molecule has 2 aromatic carbocycles. The fraction of sp³-hybridized carbons (Fsp3) is 0.222. The summed E-state index contributed by atoms with van der Waals surface area (Å²) >= 11 is 0. The maximum absolute atomic E-state index is 13.6. The summed E-state index contributed by atoms with van der Waals surface area (Å²) in [6.07, 6.45) is 1.29. The second kappa shape index (κ2) is 6.20. The molecule has 0 atom stereocenters. The lowest BCUT2D eigenvalue weighted by atomic mass is 10.1. The number of aryl methyl sites for hydroxylation is 1. The van der Waals surface area contributed by atoms with Crippen molar-refractivity contribution in [2.45, 2.75) is 19.8 Å². The van der Waals surface area contributed by atoms with E-state index in [1.165, 1.54) is 6.07 Å². The number of anilines is 2. The molecule has 1 saturated heterocycles. The van der Waals surface area contributed by atoms with Crippen LogP contribution in [0.2, 0.25) is 0 Å². The Balaban J connectivity index is 1.87. The number of halogens is 1. The van der Waals surface area contributed by atoms with E-state index in [0.717, 1.165) is 6.42 Å². The average molecular weight is 312 g/mol. The van der Waals surface area contributed by atoms with Gasteiger partial charge < -0.3 is 10.2 Å². The number of carbonyl (C=O) groups excluding carboxylic acids is 2. The van der Waals surface area contributed by atoms with Crippen LogP contribution in [0.4, 0.5) is 15.8 Å². The highest BCUT2D eigenvalue weighted by molar-refractivity contribution is 6.11. The van der Waals surface area contributed by atoms with Gasteiger partial charge in [-0.15, -0.1) is 0 Å². The second-order valence-electron chi connectivity index (χ2n) is 5.58. The van der Waals surface area contributed by atoms with Gasteiger partial charge in [-0.3, -0.25) is 9.59 Å². The summed E-state index contributed by atoms with van der Waals surface area (Å²) in [5.74, 6) is -0.707. The minimum Gasteiger partial charge on any atom is -0.322 e. The molecule has 0 saturated carbocycles. The molecule has 0 spiro atoms. The summed E-state index contributed by atoms with van der Waals surface area (Å²) in [6, 6.07) is 11.5. The van der Waals surface area contributed by atoms with Gasteiger partial charge in [0.25, 0.3) is 5.91 Å². The lowest BCUT2D eigenvalue weighted by molar-refractivity contribution is -0.117. The Labute approximate surface area is 133 Å². The van der Waals surface area contributed by atoms with Gasteiger partial charge in [0.15, 0.2) is 0 Å². The van der Waals surface area contributed by atoms with Gasteiger partial charge >= 0.3 is 0 Å². The number of amides is 2. The van der Waals surface area contributed by atoms with Gasteiger partial charge in [0.05, 0.1) is 11.3 Å². The molecule has 3 rings (SSSR count). The number of nitrogens with one attached hydrogen (secondary N) is 1. The van der Waals surface area contributed by atoms with E-state index in [9.17, 15) is 14.0 Å². The van der Waals surface area contributed by atoms with Crippen molar-refractivity contribution < 1.29 is 14.0 Å². The van der Waals surface area contributed by atoms with Crippen LogP contribution in [0.1, 0.15) is 28.8 Å². The molecule has 1 N–H and O–H groups in total. The second-order valence-corrected chi connectivity index (χ2v) is 5.58. The van der Waals surface area contributed by atoms with Crippen molar-refractivity contribution in [1.82, 2.24) is 0 Å². The molecule has 2 aromatic rings. The number of carbonyl (C=O) groups is 2. The van der Waals surface area contributed by atoms with E-state index in [1.54, 1.807) is 48.2 Å². The Bertz CT molecular complexity index is 773. The third kappa shape index (κ3) is 3.08. The van der Waals surface area contributed by atoms with Crippen LogP contribution in [0.25, 0.3) is 0 Å². The molecule has 5 heteroatoms. The summed E-state index contributed by atoms with van der Waals surface area (Å²) in [4.78, 5) is 26.1. The Hall–Kier alpha value is -2.69. The lowest BCUT2D eigenvalue weighted by Crippen LogP contribution is -2.27. The molecular formula is C18H17FN2O2. The Morgan fingerprint density at radius 3 is 2.70 bits per heavy atom. The first-order valence-corrected chi connectivity index (χ1v) is 7.53. The van der Waals surface area contributed by atoms with Gasteiger partial charge in [-0.05, 0) is 43.2 Å². The molecule has 1 heterocycles. The van der Waals surface area contributed by atoms with E-state index in [4.69, 9.17) is 0 Å². The van der Waals surface area contributed by atoms with Crippen molar-refractivity contribution in [3.63, 3.8) is 0 Å². The van der Waals surface area contributed by atoms with E-state index in [-0.39, 0.29) is 17.6 Å². The quantitative estimate of drug-likeness (QED) is 0.943. The predicted molar refractivity (Wildman–Crippen MR) is 87.1 cm³/mol. The van der Waals surface area contributed by atoms with E-state index < -0.39 is 0 Å². The molecule has 0 radical (unpaired) electrons. The first-order valence-electron chi connectivity index (χ1n) is 7.53. The Morgan fingerprint density at radius 1 is 1.22 bits per heavy atom. The van der Waals surface area contributed by atoms with Gasteiger partial charge in [-0.1, -0.05) is 18.2 Å². The van der Waals surface area contributed by atoms with Crippen LogP contribution in [0.15, 0.2) is 42.5 Å². The van der Waals surface area contributed by atoms with Gasteiger partial charge in [0, 0.05) is 18.7 Å². The maximum Gasteiger partial charge on any atom is 0.257 e. The minimum absolute atomic E-state index is 0.0200. The highest BCUT2D eigenvalue weighted by Crippen LogP contribution is 2.26. The number of rotatable bonds is 3. The first kappa shape index (κ1) is 15.2. The van der Waals surface area contributed by atoms with E-state index in [2.05, 4.69) is 5.32 Å². The highest BCUT2D eigenvalue weighted by Gasteiger charge is 2.25. The number of hydrogen-bond acceptors (Lipinski definition) is 2. The summed E-state index contributed by atoms with van der Waals surface area (Å²) < 4.78 is 13.6. The average Bonchev–Trinajstić information content (AvgIpc) is 2.97.